The molecule has 1 amide bonds. The number of rotatable bonds is 5. The van der Waals surface area contributed by atoms with Crippen LogP contribution in [0, 0.1) is 0 Å². The molecule has 6 nitrogen and oxygen atoms in total. The Morgan fingerprint density at radius 1 is 1.73 bits per heavy atom. The Balaban J connectivity index is 2.62. The summed E-state index contributed by atoms with van der Waals surface area (Å²) in [5, 5.41) is 11.1. The fourth-order valence-electron chi connectivity index (χ4n) is 1.04. The van der Waals surface area contributed by atoms with Gasteiger partial charge in [0.1, 0.15) is 6.04 Å². The van der Waals surface area contributed by atoms with Crippen LogP contribution in [0.25, 0.3) is 0 Å². The van der Waals surface area contributed by atoms with Crippen LogP contribution in [0.3, 0.4) is 0 Å². The maximum atomic E-state index is 10.9. The average molecular weight is 209 g/mol. The molecule has 0 radical (unpaired) electrons. The molecule has 0 bridgehead atoms. The molecule has 1 aromatic rings. The number of carboxylic acids is 1. The highest BCUT2D eigenvalue weighted by Crippen LogP contribution is 1.98. The number of imidazole rings is 1. The first kappa shape index (κ1) is 11.0. The zero-order valence-corrected chi connectivity index (χ0v) is 7.93. The van der Waals surface area contributed by atoms with Crippen molar-refractivity contribution in [1.29, 1.82) is 0 Å². The predicted octanol–water partition coefficient (Wildman–Crippen LogP) is -0.292. The second-order valence-corrected chi connectivity index (χ2v) is 2.87. The van der Waals surface area contributed by atoms with Gasteiger partial charge in [0, 0.05) is 12.6 Å². The molecule has 0 aliphatic carbocycles. The molecule has 6 heteroatoms. The van der Waals surface area contributed by atoms with Crippen LogP contribution in [0.2, 0.25) is 0 Å². The summed E-state index contributed by atoms with van der Waals surface area (Å²) in [6, 6.07) is -0.987. The Morgan fingerprint density at radius 2 is 2.47 bits per heavy atom. The van der Waals surface area contributed by atoms with Gasteiger partial charge in [0.05, 0.1) is 12.0 Å². The predicted molar refractivity (Wildman–Crippen MR) is 52.1 cm³/mol. The maximum Gasteiger partial charge on any atom is 0.326 e. The summed E-state index contributed by atoms with van der Waals surface area (Å²) in [6.07, 6.45) is 4.19. The van der Waals surface area contributed by atoms with Gasteiger partial charge in [0.2, 0.25) is 5.91 Å². The van der Waals surface area contributed by atoms with Crippen LogP contribution < -0.4 is 5.32 Å². The van der Waals surface area contributed by atoms with E-state index in [2.05, 4.69) is 21.9 Å². The van der Waals surface area contributed by atoms with E-state index >= 15 is 0 Å². The molecule has 0 saturated heterocycles. The Morgan fingerprint density at radius 3 is 2.93 bits per heavy atom. The highest BCUT2D eigenvalue weighted by atomic mass is 16.4. The van der Waals surface area contributed by atoms with Crippen LogP contribution in [0.5, 0.6) is 0 Å². The van der Waals surface area contributed by atoms with Crippen molar-refractivity contribution in [2.45, 2.75) is 12.5 Å². The Hall–Kier alpha value is -2.11. The van der Waals surface area contributed by atoms with Gasteiger partial charge >= 0.3 is 5.97 Å². The van der Waals surface area contributed by atoms with Crippen molar-refractivity contribution < 1.29 is 14.7 Å². The van der Waals surface area contributed by atoms with E-state index < -0.39 is 17.9 Å². The van der Waals surface area contributed by atoms with E-state index in [-0.39, 0.29) is 6.42 Å². The van der Waals surface area contributed by atoms with E-state index in [9.17, 15) is 9.59 Å². The normalized spacial score (nSPS) is 11.7. The van der Waals surface area contributed by atoms with Crippen molar-refractivity contribution in [3.8, 4) is 0 Å². The summed E-state index contributed by atoms with van der Waals surface area (Å²) in [5.74, 6) is -1.62. The van der Waals surface area contributed by atoms with E-state index in [1.165, 1.54) is 6.33 Å². The van der Waals surface area contributed by atoms with Crippen LogP contribution >= 0.6 is 0 Å². The molecule has 1 aromatic heterocycles. The van der Waals surface area contributed by atoms with E-state index in [4.69, 9.17) is 5.11 Å². The molecule has 0 fully saturated rings. The molecule has 0 spiro atoms. The van der Waals surface area contributed by atoms with E-state index in [1.807, 2.05) is 0 Å². The summed E-state index contributed by atoms with van der Waals surface area (Å²) < 4.78 is 0. The second kappa shape index (κ2) is 4.94. The largest absolute Gasteiger partial charge is 0.480 e. The lowest BCUT2D eigenvalue weighted by Crippen LogP contribution is -2.41. The molecule has 80 valence electrons. The van der Waals surface area contributed by atoms with Crippen LogP contribution in [0.15, 0.2) is 25.2 Å². The van der Waals surface area contributed by atoms with Crippen LogP contribution in [-0.4, -0.2) is 33.0 Å². The summed E-state index contributed by atoms with van der Waals surface area (Å²) in [5.41, 5.74) is 0.576. The smallest absolute Gasteiger partial charge is 0.326 e. The van der Waals surface area contributed by atoms with Crippen LogP contribution in [-0.2, 0) is 16.0 Å². The first-order chi connectivity index (χ1) is 7.13. The van der Waals surface area contributed by atoms with Gasteiger partial charge in [-0.2, -0.15) is 0 Å². The van der Waals surface area contributed by atoms with Crippen molar-refractivity contribution in [1.82, 2.24) is 15.3 Å². The number of aromatic amines is 1. The fourth-order valence-corrected chi connectivity index (χ4v) is 1.04. The van der Waals surface area contributed by atoms with Gasteiger partial charge in [-0.05, 0) is 6.08 Å². The lowest BCUT2D eigenvalue weighted by atomic mass is 10.1. The molecule has 0 aliphatic rings. The third-order valence-corrected chi connectivity index (χ3v) is 1.77. The van der Waals surface area contributed by atoms with Crippen molar-refractivity contribution in [2.24, 2.45) is 0 Å². The minimum absolute atomic E-state index is 0.137. The quantitative estimate of drug-likeness (QED) is 0.580. The Bertz CT molecular complexity index is 359. The number of carbonyl (C=O) groups excluding carboxylic acids is 1. The number of aromatic nitrogens is 2. The van der Waals surface area contributed by atoms with Gasteiger partial charge in [-0.15, -0.1) is 0 Å². The number of carbonyl (C=O) groups is 2. The lowest BCUT2D eigenvalue weighted by Gasteiger charge is -2.11. The number of carboxylic acid groups (broad SMARTS) is 1. The first-order valence-corrected chi connectivity index (χ1v) is 4.27. The van der Waals surface area contributed by atoms with Gasteiger partial charge in [-0.25, -0.2) is 9.78 Å². The third-order valence-electron chi connectivity index (χ3n) is 1.77. The molecule has 1 atom stereocenters. The van der Waals surface area contributed by atoms with Gasteiger partial charge in [-0.3, -0.25) is 4.79 Å². The van der Waals surface area contributed by atoms with Crippen molar-refractivity contribution in [3.63, 3.8) is 0 Å². The molecular formula is C9H11N3O3. The highest BCUT2D eigenvalue weighted by Gasteiger charge is 2.19. The number of hydrogen-bond acceptors (Lipinski definition) is 3. The molecule has 0 saturated carbocycles. The first-order valence-electron chi connectivity index (χ1n) is 4.27. The number of aliphatic carboxylic acids is 1. The number of H-pyrrole nitrogens is 1. The number of amides is 1. The maximum absolute atomic E-state index is 10.9. The second-order valence-electron chi connectivity index (χ2n) is 2.87. The van der Waals surface area contributed by atoms with Crippen molar-refractivity contribution in [2.75, 3.05) is 0 Å². The van der Waals surface area contributed by atoms with Gasteiger partial charge < -0.3 is 15.4 Å². The topological polar surface area (TPSA) is 95.1 Å². The molecular weight excluding hydrogens is 198 g/mol. The highest BCUT2D eigenvalue weighted by molar-refractivity contribution is 5.90. The van der Waals surface area contributed by atoms with Gasteiger partial charge in [0.15, 0.2) is 0 Å². The Kier molecular flexibility index (Phi) is 3.61. The van der Waals surface area contributed by atoms with E-state index in [0.717, 1.165) is 6.08 Å². The number of nitrogens with zero attached hydrogens (tertiary/aromatic N) is 1. The molecule has 0 aromatic carbocycles. The standard InChI is InChI=1S/C9H11N3O3/c1-2-8(13)12-7(9(14)15)3-6-4-10-5-11-6/h2,4-5,7H,1,3H2,(H,10,11)(H,12,13)(H,14,15)/t7-/m0/s1. The molecule has 0 aliphatic heterocycles. The molecule has 3 N–H and O–H groups in total. The lowest BCUT2D eigenvalue weighted by molar-refractivity contribution is -0.141. The van der Waals surface area contributed by atoms with Gasteiger partial charge in [-0.1, -0.05) is 6.58 Å². The zero-order valence-electron chi connectivity index (χ0n) is 7.93. The molecule has 0 unspecified atom stereocenters. The molecule has 15 heavy (non-hydrogen) atoms. The van der Waals surface area contributed by atoms with Crippen LogP contribution in [0.1, 0.15) is 5.69 Å². The van der Waals surface area contributed by atoms with Gasteiger partial charge in [0.25, 0.3) is 0 Å². The fraction of sp³-hybridized carbons (Fsp3) is 0.222. The summed E-state index contributed by atoms with van der Waals surface area (Å²) in [4.78, 5) is 28.3. The van der Waals surface area contributed by atoms with E-state index in [0.29, 0.717) is 5.69 Å². The van der Waals surface area contributed by atoms with Crippen molar-refractivity contribution in [3.05, 3.63) is 30.9 Å². The number of hydrogen-bond donors (Lipinski definition) is 3. The minimum Gasteiger partial charge on any atom is -0.480 e. The SMILES string of the molecule is C=CC(=O)N[C@@H](Cc1c[nH]cn1)C(=O)O. The molecule has 1 heterocycles. The van der Waals surface area contributed by atoms with E-state index in [1.54, 1.807) is 6.20 Å². The van der Waals surface area contributed by atoms with Crippen LogP contribution in [0.4, 0.5) is 0 Å². The zero-order chi connectivity index (χ0) is 11.3. The monoisotopic (exact) mass is 209 g/mol. The van der Waals surface area contributed by atoms with Crippen molar-refractivity contribution >= 4 is 11.9 Å². The minimum atomic E-state index is -1.10. The third kappa shape index (κ3) is 3.26. The average Bonchev–Trinajstić information content (AvgIpc) is 2.69. The summed E-state index contributed by atoms with van der Waals surface area (Å²) in [6.45, 7) is 3.24. The molecule has 1 rings (SSSR count). The number of nitrogens with one attached hydrogen (secondary N) is 2. The summed E-state index contributed by atoms with van der Waals surface area (Å²) >= 11 is 0. The Labute approximate surface area is 86.0 Å². The summed E-state index contributed by atoms with van der Waals surface area (Å²) in [7, 11) is 0.